The molecule has 3 aromatic rings. The molecule has 3 N–H and O–H groups in total. The number of benzene rings is 3. The van der Waals surface area contributed by atoms with Crippen molar-refractivity contribution >= 4 is 10.8 Å². The second-order valence-electron chi connectivity index (χ2n) is 9.84. The molecule has 0 radical (unpaired) electrons. The van der Waals surface area contributed by atoms with Gasteiger partial charge in [0.1, 0.15) is 0 Å². The zero-order valence-electron chi connectivity index (χ0n) is 19.9. The molecule has 2 atom stereocenters. The van der Waals surface area contributed by atoms with Gasteiger partial charge >= 0.3 is 0 Å². The van der Waals surface area contributed by atoms with E-state index in [4.69, 9.17) is 4.74 Å². The third-order valence-corrected chi connectivity index (χ3v) is 6.78. The van der Waals surface area contributed by atoms with Crippen molar-refractivity contribution < 1.29 is 14.9 Å². The van der Waals surface area contributed by atoms with Crippen molar-refractivity contribution in [3.8, 4) is 11.5 Å². The molecule has 1 aliphatic heterocycles. The highest BCUT2D eigenvalue weighted by molar-refractivity contribution is 5.83. The SMILES string of the molecule is COc1cccc(CN2CCC[C@@H]2[C@H](O)CNC(C)(C)Cc2ccc3ccccc3c2)c1O. The lowest BCUT2D eigenvalue weighted by Gasteiger charge is -2.33. The fourth-order valence-electron chi connectivity index (χ4n) is 5.00. The van der Waals surface area contributed by atoms with Crippen LogP contribution in [0.15, 0.2) is 60.7 Å². The molecule has 0 unspecified atom stereocenters. The summed E-state index contributed by atoms with van der Waals surface area (Å²) in [6.07, 6.45) is 2.42. The van der Waals surface area contributed by atoms with Gasteiger partial charge in [-0.25, -0.2) is 0 Å². The lowest BCUT2D eigenvalue weighted by atomic mass is 9.93. The molecule has 1 saturated heterocycles. The van der Waals surface area contributed by atoms with Gasteiger partial charge < -0.3 is 20.3 Å². The molecule has 5 heteroatoms. The molecule has 1 heterocycles. The fourth-order valence-corrected chi connectivity index (χ4v) is 5.00. The minimum Gasteiger partial charge on any atom is -0.504 e. The number of ether oxygens (including phenoxy) is 1. The molecule has 0 spiro atoms. The normalized spacial score (nSPS) is 18.0. The van der Waals surface area contributed by atoms with E-state index in [1.807, 2.05) is 12.1 Å². The van der Waals surface area contributed by atoms with Crippen LogP contribution < -0.4 is 10.1 Å². The molecule has 0 saturated carbocycles. The Kier molecular flexibility index (Phi) is 7.23. The number of para-hydroxylation sites is 1. The standard InChI is InChI=1S/C28H36N2O3/c1-28(2,17-20-13-14-21-8-4-5-9-22(21)16-20)29-18-25(31)24-11-7-15-30(24)19-23-10-6-12-26(33-3)27(23)32/h4-6,8-10,12-14,16,24-25,29,31-32H,7,11,15,17-19H2,1-3H3/t24-,25-/m1/s1. The lowest BCUT2D eigenvalue weighted by Crippen LogP contribution is -2.50. The van der Waals surface area contributed by atoms with Crippen LogP contribution in [-0.4, -0.2) is 53.0 Å². The Labute approximate surface area is 197 Å². The quantitative estimate of drug-likeness (QED) is 0.450. The average molecular weight is 449 g/mol. The predicted octanol–water partition coefficient (Wildman–Crippen LogP) is 4.49. The number of nitrogens with one attached hydrogen (secondary N) is 1. The van der Waals surface area contributed by atoms with E-state index in [-0.39, 0.29) is 17.3 Å². The van der Waals surface area contributed by atoms with Gasteiger partial charge in [-0.05, 0) is 62.1 Å². The van der Waals surface area contributed by atoms with Gasteiger partial charge in [0, 0.05) is 30.2 Å². The molecule has 0 amide bonds. The number of phenols is 1. The number of phenolic OH excluding ortho intramolecular Hbond substituents is 1. The largest absolute Gasteiger partial charge is 0.504 e. The third-order valence-electron chi connectivity index (χ3n) is 6.78. The summed E-state index contributed by atoms with van der Waals surface area (Å²) < 4.78 is 5.24. The first-order chi connectivity index (χ1) is 15.9. The Bertz CT molecular complexity index is 1080. The molecule has 0 aromatic heterocycles. The summed E-state index contributed by atoms with van der Waals surface area (Å²) in [6.45, 7) is 6.43. The Balaban J connectivity index is 1.36. The number of nitrogens with zero attached hydrogens (tertiary/aromatic N) is 1. The fraction of sp³-hybridized carbons (Fsp3) is 0.429. The van der Waals surface area contributed by atoms with Gasteiger partial charge in [0.05, 0.1) is 13.2 Å². The van der Waals surface area contributed by atoms with E-state index >= 15 is 0 Å². The van der Waals surface area contributed by atoms with Gasteiger partial charge in [-0.2, -0.15) is 0 Å². The van der Waals surface area contributed by atoms with Crippen LogP contribution in [0.4, 0.5) is 0 Å². The van der Waals surface area contributed by atoms with Crippen LogP contribution in [0.3, 0.4) is 0 Å². The molecule has 3 aromatic carbocycles. The molecule has 0 bridgehead atoms. The first kappa shape index (κ1) is 23.6. The van der Waals surface area contributed by atoms with E-state index in [2.05, 4.69) is 66.5 Å². The van der Waals surface area contributed by atoms with Gasteiger partial charge in [0.15, 0.2) is 11.5 Å². The van der Waals surface area contributed by atoms with E-state index < -0.39 is 6.10 Å². The summed E-state index contributed by atoms with van der Waals surface area (Å²) in [5.41, 5.74) is 1.98. The minimum absolute atomic E-state index is 0.0690. The van der Waals surface area contributed by atoms with Gasteiger partial charge in [0.25, 0.3) is 0 Å². The maximum atomic E-state index is 11.0. The maximum Gasteiger partial charge on any atom is 0.162 e. The van der Waals surface area contributed by atoms with Crippen molar-refractivity contribution in [2.24, 2.45) is 0 Å². The smallest absolute Gasteiger partial charge is 0.162 e. The molecular weight excluding hydrogens is 412 g/mol. The van der Waals surface area contributed by atoms with E-state index in [1.54, 1.807) is 13.2 Å². The average Bonchev–Trinajstić information content (AvgIpc) is 3.27. The molecule has 4 rings (SSSR count). The predicted molar refractivity (Wildman–Crippen MR) is 134 cm³/mol. The topological polar surface area (TPSA) is 65.0 Å². The number of aliphatic hydroxyl groups is 1. The Morgan fingerprint density at radius 1 is 1.09 bits per heavy atom. The second-order valence-corrected chi connectivity index (χ2v) is 9.84. The van der Waals surface area contributed by atoms with Crippen molar-refractivity contribution in [1.29, 1.82) is 0 Å². The number of methoxy groups -OCH3 is 1. The number of fused-ring (bicyclic) bond motifs is 1. The van der Waals surface area contributed by atoms with Gasteiger partial charge in [-0.1, -0.05) is 54.6 Å². The van der Waals surface area contributed by atoms with Crippen LogP contribution >= 0.6 is 0 Å². The molecule has 33 heavy (non-hydrogen) atoms. The van der Waals surface area contributed by atoms with Crippen molar-refractivity contribution in [3.05, 3.63) is 71.8 Å². The highest BCUT2D eigenvalue weighted by atomic mass is 16.5. The maximum absolute atomic E-state index is 11.0. The highest BCUT2D eigenvalue weighted by Gasteiger charge is 2.32. The van der Waals surface area contributed by atoms with Crippen molar-refractivity contribution in [1.82, 2.24) is 10.2 Å². The van der Waals surface area contributed by atoms with Gasteiger partial charge in [-0.3, -0.25) is 4.90 Å². The van der Waals surface area contributed by atoms with Crippen LogP contribution in [0.2, 0.25) is 0 Å². The van der Waals surface area contributed by atoms with Crippen LogP contribution in [-0.2, 0) is 13.0 Å². The van der Waals surface area contributed by atoms with E-state index in [9.17, 15) is 10.2 Å². The van der Waals surface area contributed by atoms with Gasteiger partial charge in [0.2, 0.25) is 0 Å². The summed E-state index contributed by atoms with van der Waals surface area (Å²) in [7, 11) is 1.56. The summed E-state index contributed by atoms with van der Waals surface area (Å²) >= 11 is 0. The van der Waals surface area contributed by atoms with Crippen LogP contribution in [0, 0.1) is 0 Å². The number of aromatic hydroxyl groups is 1. The monoisotopic (exact) mass is 448 g/mol. The zero-order chi connectivity index (χ0) is 23.4. The summed E-state index contributed by atoms with van der Waals surface area (Å²) in [5, 5.41) is 27.6. The first-order valence-corrected chi connectivity index (χ1v) is 11.9. The second kappa shape index (κ2) is 10.1. The summed E-state index contributed by atoms with van der Waals surface area (Å²) in [5.74, 6) is 0.677. The number of hydrogen-bond donors (Lipinski definition) is 3. The van der Waals surface area contributed by atoms with Crippen LogP contribution in [0.25, 0.3) is 10.8 Å². The highest BCUT2D eigenvalue weighted by Crippen LogP contribution is 2.32. The minimum atomic E-state index is -0.476. The third kappa shape index (κ3) is 5.67. The molecule has 1 aliphatic rings. The van der Waals surface area contributed by atoms with Gasteiger partial charge in [-0.15, -0.1) is 0 Å². The molecular formula is C28H36N2O3. The molecule has 1 fully saturated rings. The molecule has 5 nitrogen and oxygen atoms in total. The van der Waals surface area contributed by atoms with E-state index in [0.29, 0.717) is 18.8 Å². The molecule has 176 valence electrons. The Hall–Kier alpha value is -2.60. The Morgan fingerprint density at radius 2 is 1.88 bits per heavy atom. The van der Waals surface area contributed by atoms with E-state index in [0.717, 1.165) is 31.4 Å². The van der Waals surface area contributed by atoms with Crippen molar-refractivity contribution in [2.75, 3.05) is 20.2 Å². The number of β-amino-alcohol motifs (C(OH)–C–C–N with tert-alkyl or cyclic N) is 1. The zero-order valence-corrected chi connectivity index (χ0v) is 19.9. The molecule has 0 aliphatic carbocycles. The summed E-state index contributed by atoms with van der Waals surface area (Å²) in [6, 6.07) is 20.7. The van der Waals surface area contributed by atoms with Crippen molar-refractivity contribution in [3.63, 3.8) is 0 Å². The van der Waals surface area contributed by atoms with Crippen molar-refractivity contribution in [2.45, 2.75) is 57.3 Å². The van der Waals surface area contributed by atoms with Crippen LogP contribution in [0.5, 0.6) is 11.5 Å². The van der Waals surface area contributed by atoms with Crippen LogP contribution in [0.1, 0.15) is 37.8 Å². The number of likely N-dealkylation sites (tertiary alicyclic amines) is 1. The first-order valence-electron chi connectivity index (χ1n) is 11.9. The Morgan fingerprint density at radius 3 is 2.67 bits per heavy atom. The number of hydrogen-bond acceptors (Lipinski definition) is 5. The number of rotatable bonds is 9. The van der Waals surface area contributed by atoms with E-state index in [1.165, 1.54) is 16.3 Å². The summed E-state index contributed by atoms with van der Waals surface area (Å²) in [4.78, 5) is 2.27. The lowest BCUT2D eigenvalue weighted by molar-refractivity contribution is 0.0629. The number of aliphatic hydroxyl groups excluding tert-OH is 1.